The fraction of sp³-hybridized carbons (Fsp3) is 0.375. The quantitative estimate of drug-likeness (QED) is 0.634. The van der Waals surface area contributed by atoms with Crippen LogP contribution in [0.1, 0.15) is 36.6 Å². The van der Waals surface area contributed by atoms with Crippen LogP contribution in [-0.4, -0.2) is 6.17 Å². The first-order valence-corrected chi connectivity index (χ1v) is 7.22. The molecule has 1 aliphatic heterocycles. The molecule has 1 aliphatic carbocycles. The zero-order valence-corrected chi connectivity index (χ0v) is 11.7. The van der Waals surface area contributed by atoms with E-state index in [0.29, 0.717) is 12.1 Å². The number of allylic oxidation sites excluding steroid dienone is 2. The van der Waals surface area contributed by atoms with Gasteiger partial charge in [-0.25, -0.2) is 21.7 Å². The average molecular weight is 270 g/mol. The van der Waals surface area contributed by atoms with E-state index in [0.717, 1.165) is 16.7 Å². The lowest BCUT2D eigenvalue weighted by Gasteiger charge is -2.41. The van der Waals surface area contributed by atoms with E-state index in [-0.39, 0.29) is 6.17 Å². The standard InChI is InChI=1S/C16H22N4/c1-3-11(2)13-9-4-5-10-14(13)16-19-17-15(18-20-16)12-7-6-8-12/h3-5,9-10,12,15-20H,1-2,6-8H2. The van der Waals surface area contributed by atoms with Gasteiger partial charge in [0.2, 0.25) is 0 Å². The van der Waals surface area contributed by atoms with Gasteiger partial charge in [0.15, 0.2) is 0 Å². The monoisotopic (exact) mass is 270 g/mol. The molecule has 4 N–H and O–H groups in total. The van der Waals surface area contributed by atoms with E-state index in [9.17, 15) is 0 Å². The van der Waals surface area contributed by atoms with Gasteiger partial charge in [-0.05, 0) is 35.5 Å². The van der Waals surface area contributed by atoms with Crippen LogP contribution in [0.25, 0.3) is 5.57 Å². The lowest BCUT2D eigenvalue weighted by Crippen LogP contribution is -2.67. The van der Waals surface area contributed by atoms with Gasteiger partial charge < -0.3 is 0 Å². The molecule has 0 atom stereocenters. The molecule has 1 saturated carbocycles. The summed E-state index contributed by atoms with van der Waals surface area (Å²) in [6.45, 7) is 7.86. The van der Waals surface area contributed by atoms with E-state index in [2.05, 4.69) is 47.0 Å². The van der Waals surface area contributed by atoms with Crippen LogP contribution in [0, 0.1) is 5.92 Å². The third-order valence-electron chi connectivity index (χ3n) is 4.25. The SMILES string of the molecule is C=CC(=C)c1ccccc1C1NNC(C2CCC2)NN1. The van der Waals surface area contributed by atoms with Gasteiger partial charge >= 0.3 is 0 Å². The molecule has 1 aromatic rings. The third kappa shape index (κ3) is 2.55. The van der Waals surface area contributed by atoms with Crippen molar-refractivity contribution in [3.05, 3.63) is 54.6 Å². The van der Waals surface area contributed by atoms with Crippen molar-refractivity contribution in [2.45, 2.75) is 31.6 Å². The predicted octanol–water partition coefficient (Wildman–Crippen LogP) is 2.21. The second kappa shape index (κ2) is 5.89. The second-order valence-corrected chi connectivity index (χ2v) is 5.50. The molecule has 0 amide bonds. The highest BCUT2D eigenvalue weighted by molar-refractivity contribution is 5.73. The van der Waals surface area contributed by atoms with Gasteiger partial charge in [-0.1, -0.05) is 49.9 Å². The molecule has 1 heterocycles. The molecule has 0 bridgehead atoms. The van der Waals surface area contributed by atoms with E-state index in [4.69, 9.17) is 0 Å². The van der Waals surface area contributed by atoms with Crippen molar-refractivity contribution in [3.63, 3.8) is 0 Å². The minimum absolute atomic E-state index is 0.0132. The maximum absolute atomic E-state index is 4.05. The molecule has 3 rings (SSSR count). The highest BCUT2D eigenvalue weighted by Crippen LogP contribution is 2.29. The number of hydrogen-bond acceptors (Lipinski definition) is 4. The summed E-state index contributed by atoms with van der Waals surface area (Å²) in [4.78, 5) is 0. The molecule has 2 fully saturated rings. The number of hydrazine groups is 2. The first-order chi connectivity index (χ1) is 9.79. The summed E-state index contributed by atoms with van der Waals surface area (Å²) in [5, 5.41) is 0. The smallest absolute Gasteiger partial charge is 0.109 e. The van der Waals surface area contributed by atoms with Gasteiger partial charge in [0.05, 0.1) is 6.17 Å². The predicted molar refractivity (Wildman–Crippen MR) is 82.1 cm³/mol. The summed E-state index contributed by atoms with van der Waals surface area (Å²) in [6.07, 6.45) is 6.04. The van der Waals surface area contributed by atoms with Gasteiger partial charge in [0.1, 0.15) is 6.17 Å². The summed E-state index contributed by atoms with van der Waals surface area (Å²) in [5.74, 6) is 0.717. The first kappa shape index (κ1) is 13.5. The van der Waals surface area contributed by atoms with Gasteiger partial charge in [-0.2, -0.15) is 0 Å². The van der Waals surface area contributed by atoms with Crippen molar-refractivity contribution in [1.82, 2.24) is 21.7 Å². The highest BCUT2D eigenvalue weighted by Gasteiger charge is 2.31. The van der Waals surface area contributed by atoms with Crippen LogP contribution in [-0.2, 0) is 0 Å². The molecule has 0 unspecified atom stereocenters. The van der Waals surface area contributed by atoms with Crippen molar-refractivity contribution < 1.29 is 0 Å². The van der Waals surface area contributed by atoms with E-state index < -0.39 is 0 Å². The van der Waals surface area contributed by atoms with Crippen LogP contribution < -0.4 is 21.7 Å². The van der Waals surface area contributed by atoms with Crippen LogP contribution in [0.2, 0.25) is 0 Å². The lowest BCUT2D eigenvalue weighted by molar-refractivity contribution is 0.104. The molecule has 1 saturated heterocycles. The van der Waals surface area contributed by atoms with Crippen molar-refractivity contribution in [2.75, 3.05) is 0 Å². The van der Waals surface area contributed by atoms with Gasteiger partial charge in [-0.3, -0.25) is 0 Å². The van der Waals surface area contributed by atoms with E-state index >= 15 is 0 Å². The van der Waals surface area contributed by atoms with Crippen LogP contribution in [0.5, 0.6) is 0 Å². The highest BCUT2D eigenvalue weighted by atomic mass is 15.6. The Kier molecular flexibility index (Phi) is 3.98. The molecular weight excluding hydrogens is 248 g/mol. The zero-order chi connectivity index (χ0) is 13.9. The minimum atomic E-state index is 0.0132. The lowest BCUT2D eigenvalue weighted by atomic mass is 9.83. The molecule has 2 aliphatic rings. The Morgan fingerprint density at radius 2 is 1.80 bits per heavy atom. The summed E-state index contributed by atoms with van der Waals surface area (Å²) >= 11 is 0. The normalized spacial score (nSPS) is 26.8. The summed E-state index contributed by atoms with van der Waals surface area (Å²) < 4.78 is 0. The topological polar surface area (TPSA) is 48.1 Å². The molecule has 20 heavy (non-hydrogen) atoms. The van der Waals surface area contributed by atoms with Crippen LogP contribution >= 0.6 is 0 Å². The van der Waals surface area contributed by atoms with Crippen LogP contribution in [0.4, 0.5) is 0 Å². The zero-order valence-electron chi connectivity index (χ0n) is 11.7. The fourth-order valence-electron chi connectivity index (χ4n) is 2.73. The fourth-order valence-corrected chi connectivity index (χ4v) is 2.73. The second-order valence-electron chi connectivity index (χ2n) is 5.50. The Bertz CT molecular complexity index is 499. The first-order valence-electron chi connectivity index (χ1n) is 7.22. The Labute approximate surface area is 120 Å². The maximum atomic E-state index is 4.05. The van der Waals surface area contributed by atoms with E-state index in [1.807, 2.05) is 12.1 Å². The molecule has 0 spiro atoms. The molecule has 4 heteroatoms. The van der Waals surface area contributed by atoms with Crippen molar-refractivity contribution >= 4 is 5.57 Å². The number of hydrogen-bond donors (Lipinski definition) is 4. The third-order valence-corrected chi connectivity index (χ3v) is 4.25. The summed E-state index contributed by atoms with van der Waals surface area (Å²) in [5.41, 5.74) is 16.7. The van der Waals surface area contributed by atoms with Crippen molar-refractivity contribution in [3.8, 4) is 0 Å². The van der Waals surface area contributed by atoms with Crippen molar-refractivity contribution in [2.24, 2.45) is 5.92 Å². The number of nitrogens with one attached hydrogen (secondary N) is 4. The molecule has 1 aromatic carbocycles. The van der Waals surface area contributed by atoms with Gasteiger partial charge in [0, 0.05) is 0 Å². The van der Waals surface area contributed by atoms with Gasteiger partial charge in [0.25, 0.3) is 0 Å². The Balaban J connectivity index is 1.71. The van der Waals surface area contributed by atoms with Crippen LogP contribution in [0.15, 0.2) is 43.5 Å². The summed E-state index contributed by atoms with van der Waals surface area (Å²) in [7, 11) is 0. The van der Waals surface area contributed by atoms with Gasteiger partial charge in [-0.15, -0.1) is 0 Å². The molecule has 0 aromatic heterocycles. The Morgan fingerprint density at radius 1 is 1.10 bits per heavy atom. The van der Waals surface area contributed by atoms with E-state index in [1.165, 1.54) is 19.3 Å². The molecule has 0 radical (unpaired) electrons. The van der Waals surface area contributed by atoms with Crippen molar-refractivity contribution in [1.29, 1.82) is 0 Å². The molecular formula is C16H22N4. The maximum Gasteiger partial charge on any atom is 0.109 e. The molecule has 106 valence electrons. The Hall–Kier alpha value is -1.46. The largest absolute Gasteiger partial charge is 0.238 e. The number of rotatable bonds is 4. The Morgan fingerprint density at radius 3 is 2.40 bits per heavy atom. The minimum Gasteiger partial charge on any atom is -0.238 e. The number of benzene rings is 1. The van der Waals surface area contributed by atoms with E-state index in [1.54, 1.807) is 6.08 Å². The summed E-state index contributed by atoms with van der Waals surface area (Å²) in [6, 6.07) is 8.23. The average Bonchev–Trinajstić information content (AvgIpc) is 2.45. The molecule has 4 nitrogen and oxygen atoms in total. The van der Waals surface area contributed by atoms with Crippen LogP contribution in [0.3, 0.4) is 0 Å².